The number of nitrogens with zero attached hydrogens (tertiary/aromatic N) is 3. The lowest BCUT2D eigenvalue weighted by molar-refractivity contribution is 0.124. The van der Waals surface area contributed by atoms with Crippen LogP contribution in [0.3, 0.4) is 0 Å². The lowest BCUT2D eigenvalue weighted by atomic mass is 10.1. The molecule has 2 aliphatic heterocycles. The number of rotatable bonds is 3. The number of β-amino-alcohol motifs (C(OH)–C–C–N with tert-alkyl or cyclic N) is 1. The molecule has 19 heavy (non-hydrogen) atoms. The van der Waals surface area contributed by atoms with Crippen molar-refractivity contribution in [3.8, 4) is 0 Å². The summed E-state index contributed by atoms with van der Waals surface area (Å²) in [6.45, 7) is 4.77. The molecule has 0 aromatic heterocycles. The molecule has 1 fully saturated rings. The highest BCUT2D eigenvalue weighted by Crippen LogP contribution is 2.19. The molecule has 1 aromatic rings. The third-order valence-electron chi connectivity index (χ3n) is 3.84. The van der Waals surface area contributed by atoms with Gasteiger partial charge in [0.1, 0.15) is 0 Å². The quantitative estimate of drug-likeness (QED) is 0.894. The van der Waals surface area contributed by atoms with Crippen molar-refractivity contribution in [1.29, 1.82) is 0 Å². The molecule has 0 bridgehead atoms. The number of aliphatic hydroxyl groups is 1. The van der Waals surface area contributed by atoms with Gasteiger partial charge < -0.3 is 14.9 Å². The lowest BCUT2D eigenvalue weighted by Crippen LogP contribution is -2.53. The second-order valence-corrected chi connectivity index (χ2v) is 5.25. The van der Waals surface area contributed by atoms with Crippen molar-refractivity contribution >= 4 is 5.96 Å². The van der Waals surface area contributed by atoms with Crippen LogP contribution in [0.25, 0.3) is 0 Å². The summed E-state index contributed by atoms with van der Waals surface area (Å²) in [5.74, 6) is 1.09. The van der Waals surface area contributed by atoms with Gasteiger partial charge in [-0.3, -0.25) is 4.99 Å². The van der Waals surface area contributed by atoms with Crippen LogP contribution in [-0.4, -0.2) is 53.6 Å². The molecule has 0 unspecified atom stereocenters. The largest absolute Gasteiger partial charge is 0.387 e. The summed E-state index contributed by atoms with van der Waals surface area (Å²) in [5.41, 5.74) is 0.982. The Kier molecular flexibility index (Phi) is 3.69. The molecule has 2 aliphatic rings. The molecule has 1 N–H and O–H groups in total. The van der Waals surface area contributed by atoms with Gasteiger partial charge in [-0.2, -0.15) is 0 Å². The van der Waals surface area contributed by atoms with E-state index in [1.807, 2.05) is 30.3 Å². The predicted molar refractivity (Wildman–Crippen MR) is 76.1 cm³/mol. The van der Waals surface area contributed by atoms with Crippen LogP contribution in [0.15, 0.2) is 35.3 Å². The molecule has 2 heterocycles. The van der Waals surface area contributed by atoms with Crippen LogP contribution in [0.4, 0.5) is 0 Å². The van der Waals surface area contributed by atoms with Crippen molar-refractivity contribution in [2.24, 2.45) is 4.99 Å². The zero-order chi connectivity index (χ0) is 13.1. The molecule has 0 saturated carbocycles. The van der Waals surface area contributed by atoms with Gasteiger partial charge in [0.25, 0.3) is 0 Å². The van der Waals surface area contributed by atoms with Crippen LogP contribution in [-0.2, 0) is 0 Å². The van der Waals surface area contributed by atoms with Crippen molar-refractivity contribution in [2.75, 3.05) is 32.7 Å². The summed E-state index contributed by atoms with van der Waals surface area (Å²) in [4.78, 5) is 9.23. The van der Waals surface area contributed by atoms with Crippen LogP contribution in [0.5, 0.6) is 0 Å². The summed E-state index contributed by atoms with van der Waals surface area (Å²) in [6.07, 6.45) is 1.87. The van der Waals surface area contributed by atoms with Gasteiger partial charge in [0, 0.05) is 26.2 Å². The van der Waals surface area contributed by atoms with Gasteiger partial charge in [-0.05, 0) is 18.4 Å². The monoisotopic (exact) mass is 259 g/mol. The normalized spacial score (nSPS) is 20.8. The third kappa shape index (κ3) is 2.73. The number of aliphatic imine (C=N–C) groups is 1. The summed E-state index contributed by atoms with van der Waals surface area (Å²) < 4.78 is 0. The molecular formula is C15H21N3O. The number of benzene rings is 1. The van der Waals surface area contributed by atoms with E-state index in [0.717, 1.165) is 50.5 Å². The van der Waals surface area contributed by atoms with Crippen LogP contribution in [0, 0.1) is 0 Å². The van der Waals surface area contributed by atoms with E-state index < -0.39 is 6.10 Å². The Bertz CT molecular complexity index is 446. The number of hydrogen-bond acceptors (Lipinski definition) is 4. The molecule has 1 saturated heterocycles. The highest BCUT2D eigenvalue weighted by Gasteiger charge is 2.26. The van der Waals surface area contributed by atoms with Gasteiger partial charge in [-0.15, -0.1) is 0 Å². The van der Waals surface area contributed by atoms with E-state index in [1.54, 1.807) is 0 Å². The van der Waals surface area contributed by atoms with E-state index in [0.29, 0.717) is 6.54 Å². The van der Waals surface area contributed by atoms with Gasteiger partial charge in [-0.1, -0.05) is 30.3 Å². The molecule has 0 aliphatic carbocycles. The minimum atomic E-state index is -0.439. The Morgan fingerprint density at radius 2 is 1.89 bits per heavy atom. The average Bonchev–Trinajstić information content (AvgIpc) is 2.48. The highest BCUT2D eigenvalue weighted by molar-refractivity contribution is 5.81. The summed E-state index contributed by atoms with van der Waals surface area (Å²) in [6, 6.07) is 9.88. The zero-order valence-corrected chi connectivity index (χ0v) is 11.2. The fraction of sp³-hybridized carbons (Fsp3) is 0.533. The van der Waals surface area contributed by atoms with Gasteiger partial charge in [0.15, 0.2) is 5.96 Å². The molecule has 1 aromatic carbocycles. The van der Waals surface area contributed by atoms with E-state index in [9.17, 15) is 5.11 Å². The number of hydrogen-bond donors (Lipinski definition) is 1. The van der Waals surface area contributed by atoms with Crippen LogP contribution in [0.2, 0.25) is 0 Å². The third-order valence-corrected chi connectivity index (χ3v) is 3.84. The first-order chi connectivity index (χ1) is 9.34. The topological polar surface area (TPSA) is 39.1 Å². The van der Waals surface area contributed by atoms with E-state index in [2.05, 4.69) is 14.8 Å². The van der Waals surface area contributed by atoms with Crippen molar-refractivity contribution in [2.45, 2.75) is 18.9 Å². The van der Waals surface area contributed by atoms with Crippen molar-refractivity contribution in [3.05, 3.63) is 35.9 Å². The molecule has 102 valence electrons. The Morgan fingerprint density at radius 1 is 1.11 bits per heavy atom. The van der Waals surface area contributed by atoms with E-state index in [1.165, 1.54) is 0 Å². The van der Waals surface area contributed by atoms with Crippen LogP contribution in [0.1, 0.15) is 24.5 Å². The second-order valence-electron chi connectivity index (χ2n) is 5.25. The van der Waals surface area contributed by atoms with Crippen molar-refractivity contribution in [1.82, 2.24) is 9.80 Å². The van der Waals surface area contributed by atoms with E-state index in [-0.39, 0.29) is 0 Å². The lowest BCUT2D eigenvalue weighted by Gasteiger charge is -2.41. The SMILES string of the molecule is O[C@@H](CN1CCCN2CCCN=C21)c1ccccc1. The maximum Gasteiger partial charge on any atom is 0.196 e. The summed E-state index contributed by atoms with van der Waals surface area (Å²) in [5, 5.41) is 10.3. The van der Waals surface area contributed by atoms with Gasteiger partial charge >= 0.3 is 0 Å². The zero-order valence-electron chi connectivity index (χ0n) is 11.2. The van der Waals surface area contributed by atoms with Crippen LogP contribution < -0.4 is 0 Å². The van der Waals surface area contributed by atoms with Crippen LogP contribution >= 0.6 is 0 Å². The first kappa shape index (κ1) is 12.5. The minimum absolute atomic E-state index is 0.439. The molecule has 3 rings (SSSR count). The van der Waals surface area contributed by atoms with Gasteiger partial charge in [0.05, 0.1) is 12.6 Å². The molecular weight excluding hydrogens is 238 g/mol. The Hall–Kier alpha value is -1.55. The van der Waals surface area contributed by atoms with Gasteiger partial charge in [-0.25, -0.2) is 0 Å². The Morgan fingerprint density at radius 3 is 2.74 bits per heavy atom. The highest BCUT2D eigenvalue weighted by atomic mass is 16.3. The van der Waals surface area contributed by atoms with Crippen molar-refractivity contribution < 1.29 is 5.11 Å². The van der Waals surface area contributed by atoms with Gasteiger partial charge in [0.2, 0.25) is 0 Å². The Balaban J connectivity index is 1.70. The maximum atomic E-state index is 10.3. The molecule has 0 radical (unpaired) electrons. The predicted octanol–water partition coefficient (Wildman–Crippen LogP) is 1.49. The number of guanidine groups is 1. The molecule has 4 heteroatoms. The molecule has 0 spiro atoms. The average molecular weight is 259 g/mol. The summed E-state index contributed by atoms with van der Waals surface area (Å²) >= 11 is 0. The van der Waals surface area contributed by atoms with E-state index in [4.69, 9.17) is 0 Å². The van der Waals surface area contributed by atoms with E-state index >= 15 is 0 Å². The summed E-state index contributed by atoms with van der Waals surface area (Å²) in [7, 11) is 0. The number of fused-ring (bicyclic) bond motifs is 1. The maximum absolute atomic E-state index is 10.3. The van der Waals surface area contributed by atoms with Crippen molar-refractivity contribution in [3.63, 3.8) is 0 Å². The minimum Gasteiger partial charge on any atom is -0.387 e. The first-order valence-corrected chi connectivity index (χ1v) is 7.12. The molecule has 4 nitrogen and oxygen atoms in total. The first-order valence-electron chi connectivity index (χ1n) is 7.12. The standard InChI is InChI=1S/C15H21N3O/c19-14(13-6-2-1-3-7-13)12-18-11-5-10-17-9-4-8-16-15(17)18/h1-3,6-7,14,19H,4-5,8-12H2/t14-/m0/s1. The fourth-order valence-corrected chi connectivity index (χ4v) is 2.87. The smallest absolute Gasteiger partial charge is 0.196 e. The number of aliphatic hydroxyl groups excluding tert-OH is 1. The molecule has 0 amide bonds. The Labute approximate surface area is 114 Å². The second kappa shape index (κ2) is 5.61. The fourth-order valence-electron chi connectivity index (χ4n) is 2.87. The molecule has 1 atom stereocenters.